The summed E-state index contributed by atoms with van der Waals surface area (Å²) in [6.45, 7) is 8.25. The largest absolute Gasteiger partial charge is 0.303 e. The van der Waals surface area contributed by atoms with Gasteiger partial charge in [0.15, 0.2) is 0 Å². The lowest BCUT2D eigenvalue weighted by atomic mass is 9.73. The average molecular weight is 166 g/mol. The Kier molecular flexibility index (Phi) is 3.07. The first-order chi connectivity index (χ1) is 5.65. The monoisotopic (exact) mass is 166 g/mol. The summed E-state index contributed by atoms with van der Waals surface area (Å²) in [6.07, 6.45) is 4.49. The minimum Gasteiger partial charge on any atom is -0.303 e. The first-order valence-corrected chi connectivity index (χ1v) is 4.75. The van der Waals surface area contributed by atoms with Gasteiger partial charge in [-0.3, -0.25) is 0 Å². The highest BCUT2D eigenvalue weighted by atomic mass is 16.1. The summed E-state index contributed by atoms with van der Waals surface area (Å²) in [5, 5.41) is 0. The van der Waals surface area contributed by atoms with Gasteiger partial charge in [0, 0.05) is 5.92 Å². The van der Waals surface area contributed by atoms with E-state index < -0.39 is 0 Å². The van der Waals surface area contributed by atoms with E-state index in [-0.39, 0.29) is 0 Å². The summed E-state index contributed by atoms with van der Waals surface area (Å²) in [7, 11) is 0. The van der Waals surface area contributed by atoms with Gasteiger partial charge in [-0.15, -0.1) is 0 Å². The quantitative estimate of drug-likeness (QED) is 0.455. The topological polar surface area (TPSA) is 17.1 Å². The molecule has 0 spiro atoms. The lowest BCUT2D eigenvalue weighted by molar-refractivity contribution is -0.113. The fraction of sp³-hybridized carbons (Fsp3) is 0.727. The summed E-state index contributed by atoms with van der Waals surface area (Å²) >= 11 is 0. The van der Waals surface area contributed by atoms with Crippen molar-refractivity contribution in [2.24, 2.45) is 17.8 Å². The molecule has 1 heteroatoms. The number of hydrogen-bond donors (Lipinski definition) is 0. The molecular formula is C11H18O. The van der Waals surface area contributed by atoms with Crippen molar-refractivity contribution < 1.29 is 4.79 Å². The van der Waals surface area contributed by atoms with Crippen molar-refractivity contribution in [3.8, 4) is 0 Å². The number of hydrogen-bond acceptors (Lipinski definition) is 1. The van der Waals surface area contributed by atoms with E-state index in [1.807, 2.05) is 0 Å². The van der Waals surface area contributed by atoms with E-state index in [2.05, 4.69) is 20.4 Å². The van der Waals surface area contributed by atoms with Crippen LogP contribution in [0.3, 0.4) is 0 Å². The molecule has 0 aromatic carbocycles. The van der Waals surface area contributed by atoms with Crippen LogP contribution in [0.15, 0.2) is 12.2 Å². The lowest BCUT2D eigenvalue weighted by Gasteiger charge is -2.31. The van der Waals surface area contributed by atoms with Crippen molar-refractivity contribution in [3.63, 3.8) is 0 Å². The normalized spacial score (nSPS) is 36.0. The molecular weight excluding hydrogens is 148 g/mol. The van der Waals surface area contributed by atoms with Gasteiger partial charge in [-0.25, -0.2) is 0 Å². The van der Waals surface area contributed by atoms with Gasteiger partial charge < -0.3 is 4.79 Å². The second-order valence-electron chi connectivity index (χ2n) is 4.13. The summed E-state index contributed by atoms with van der Waals surface area (Å²) in [5.41, 5.74) is 1.28. The molecule has 0 N–H and O–H groups in total. The Morgan fingerprint density at radius 1 is 1.50 bits per heavy atom. The molecule has 0 bridgehead atoms. The Labute approximate surface area is 74.9 Å². The first kappa shape index (κ1) is 9.50. The van der Waals surface area contributed by atoms with Crippen molar-refractivity contribution in [3.05, 3.63) is 12.2 Å². The molecule has 0 aromatic heterocycles. The van der Waals surface area contributed by atoms with E-state index in [4.69, 9.17) is 0 Å². The predicted molar refractivity (Wildman–Crippen MR) is 50.9 cm³/mol. The molecule has 1 rings (SSSR count). The molecule has 3 unspecified atom stereocenters. The molecule has 0 aliphatic heterocycles. The zero-order chi connectivity index (χ0) is 9.14. The van der Waals surface area contributed by atoms with Crippen LogP contribution >= 0.6 is 0 Å². The third-order valence-corrected chi connectivity index (χ3v) is 3.11. The summed E-state index contributed by atoms with van der Waals surface area (Å²) in [6, 6.07) is 0. The molecule has 1 aliphatic rings. The third kappa shape index (κ3) is 1.96. The average Bonchev–Trinajstić information content (AvgIpc) is 2.04. The Hall–Kier alpha value is -0.590. The molecule has 0 amide bonds. The van der Waals surface area contributed by atoms with E-state index in [9.17, 15) is 4.79 Å². The predicted octanol–water partition coefficient (Wildman–Crippen LogP) is 2.81. The van der Waals surface area contributed by atoms with Crippen LogP contribution in [-0.2, 0) is 4.79 Å². The maximum atomic E-state index is 10.6. The molecule has 0 saturated heterocycles. The summed E-state index contributed by atoms with van der Waals surface area (Å²) < 4.78 is 0. The minimum absolute atomic E-state index is 0.306. The number of carbonyl (C=O) groups excluding carboxylic acids is 1. The van der Waals surface area contributed by atoms with Crippen LogP contribution in [0.5, 0.6) is 0 Å². The third-order valence-electron chi connectivity index (χ3n) is 3.11. The molecule has 0 radical (unpaired) electrons. The van der Waals surface area contributed by atoms with E-state index >= 15 is 0 Å². The van der Waals surface area contributed by atoms with Gasteiger partial charge in [0.1, 0.15) is 6.29 Å². The van der Waals surface area contributed by atoms with E-state index in [0.29, 0.717) is 17.8 Å². The molecule has 1 nitrogen and oxygen atoms in total. The lowest BCUT2D eigenvalue weighted by Crippen LogP contribution is -2.24. The van der Waals surface area contributed by atoms with Crippen LogP contribution in [0.4, 0.5) is 0 Å². The standard InChI is InChI=1S/C11H18O/c1-8(2)10-4-5-11(7-12)9(3)6-10/h7,9-11H,1,4-6H2,2-3H3. The van der Waals surface area contributed by atoms with Gasteiger partial charge in [-0.1, -0.05) is 19.1 Å². The van der Waals surface area contributed by atoms with Crippen LogP contribution in [0, 0.1) is 17.8 Å². The molecule has 12 heavy (non-hydrogen) atoms. The molecule has 68 valence electrons. The first-order valence-electron chi connectivity index (χ1n) is 4.75. The van der Waals surface area contributed by atoms with Crippen LogP contribution in [0.2, 0.25) is 0 Å². The van der Waals surface area contributed by atoms with Gasteiger partial charge in [0.25, 0.3) is 0 Å². The van der Waals surface area contributed by atoms with Crippen LogP contribution < -0.4 is 0 Å². The highest BCUT2D eigenvalue weighted by Crippen LogP contribution is 2.35. The van der Waals surface area contributed by atoms with E-state index in [1.54, 1.807) is 0 Å². The number of rotatable bonds is 2. The van der Waals surface area contributed by atoms with E-state index in [0.717, 1.165) is 25.5 Å². The fourth-order valence-electron chi connectivity index (χ4n) is 2.07. The van der Waals surface area contributed by atoms with Crippen molar-refractivity contribution in [1.82, 2.24) is 0 Å². The SMILES string of the molecule is C=C(C)C1CCC(C=O)C(C)C1. The number of aldehydes is 1. The van der Waals surface area contributed by atoms with Crippen molar-refractivity contribution in [1.29, 1.82) is 0 Å². The summed E-state index contributed by atoms with van der Waals surface area (Å²) in [5.74, 6) is 1.52. The Morgan fingerprint density at radius 2 is 2.17 bits per heavy atom. The van der Waals surface area contributed by atoms with Crippen molar-refractivity contribution in [2.45, 2.75) is 33.1 Å². The second kappa shape index (κ2) is 3.88. The molecule has 3 atom stereocenters. The molecule has 1 saturated carbocycles. The molecule has 0 heterocycles. The maximum absolute atomic E-state index is 10.6. The fourth-order valence-corrected chi connectivity index (χ4v) is 2.07. The highest BCUT2D eigenvalue weighted by molar-refractivity contribution is 5.54. The summed E-state index contributed by atoms with van der Waals surface area (Å²) in [4.78, 5) is 10.6. The van der Waals surface area contributed by atoms with Gasteiger partial charge in [0.2, 0.25) is 0 Å². The van der Waals surface area contributed by atoms with Gasteiger partial charge >= 0.3 is 0 Å². The Bertz CT molecular complexity index is 183. The molecule has 1 fully saturated rings. The van der Waals surface area contributed by atoms with Gasteiger partial charge in [0.05, 0.1) is 0 Å². The number of allylic oxidation sites excluding steroid dienone is 1. The smallest absolute Gasteiger partial charge is 0.123 e. The van der Waals surface area contributed by atoms with Gasteiger partial charge in [-0.2, -0.15) is 0 Å². The number of carbonyl (C=O) groups is 1. The Morgan fingerprint density at radius 3 is 2.58 bits per heavy atom. The van der Waals surface area contributed by atoms with Crippen LogP contribution in [0.1, 0.15) is 33.1 Å². The van der Waals surface area contributed by atoms with Crippen LogP contribution in [0.25, 0.3) is 0 Å². The minimum atomic E-state index is 0.306. The van der Waals surface area contributed by atoms with Crippen molar-refractivity contribution >= 4 is 6.29 Å². The second-order valence-corrected chi connectivity index (χ2v) is 4.13. The molecule has 1 aliphatic carbocycles. The van der Waals surface area contributed by atoms with Crippen LogP contribution in [-0.4, -0.2) is 6.29 Å². The zero-order valence-corrected chi connectivity index (χ0v) is 8.05. The maximum Gasteiger partial charge on any atom is 0.123 e. The van der Waals surface area contributed by atoms with E-state index in [1.165, 1.54) is 5.57 Å². The van der Waals surface area contributed by atoms with Crippen molar-refractivity contribution in [2.75, 3.05) is 0 Å². The zero-order valence-electron chi connectivity index (χ0n) is 8.05. The highest BCUT2D eigenvalue weighted by Gasteiger charge is 2.27. The Balaban J connectivity index is 2.51. The van der Waals surface area contributed by atoms with Gasteiger partial charge in [-0.05, 0) is 38.0 Å². The molecule has 0 aromatic rings.